The lowest BCUT2D eigenvalue weighted by Crippen LogP contribution is -2.35. The molecule has 0 atom stereocenters. The molecule has 0 aliphatic carbocycles. The van der Waals surface area contributed by atoms with Gasteiger partial charge in [0.25, 0.3) is 0 Å². The number of hydrogen-bond acceptors (Lipinski definition) is 4. The molecule has 0 amide bonds. The van der Waals surface area contributed by atoms with Crippen molar-refractivity contribution in [1.82, 2.24) is 14.6 Å². The van der Waals surface area contributed by atoms with E-state index in [1.165, 1.54) is 29.1 Å². The van der Waals surface area contributed by atoms with E-state index in [2.05, 4.69) is 53.8 Å². The van der Waals surface area contributed by atoms with Crippen molar-refractivity contribution in [2.75, 3.05) is 18.0 Å². The minimum absolute atomic E-state index is 0.823. The van der Waals surface area contributed by atoms with Gasteiger partial charge in [-0.15, -0.1) is 11.3 Å². The summed E-state index contributed by atoms with van der Waals surface area (Å²) in [6, 6.07) is 6.32. The summed E-state index contributed by atoms with van der Waals surface area (Å²) in [5, 5.41) is 7.02. The predicted octanol–water partition coefficient (Wildman–Crippen LogP) is 4.56. The molecule has 0 unspecified atom stereocenters. The van der Waals surface area contributed by atoms with Gasteiger partial charge in [-0.1, -0.05) is 19.9 Å². The summed E-state index contributed by atoms with van der Waals surface area (Å²) >= 11 is 1.73. The molecule has 4 heterocycles. The van der Waals surface area contributed by atoms with Gasteiger partial charge in [-0.3, -0.25) is 0 Å². The number of anilines is 1. The van der Waals surface area contributed by atoms with Crippen molar-refractivity contribution in [1.29, 1.82) is 0 Å². The largest absolute Gasteiger partial charge is 0.356 e. The van der Waals surface area contributed by atoms with Gasteiger partial charge < -0.3 is 4.90 Å². The summed E-state index contributed by atoms with van der Waals surface area (Å²) in [6.45, 7) is 8.93. The minimum atomic E-state index is 0.823. The van der Waals surface area contributed by atoms with Crippen LogP contribution in [0.3, 0.4) is 0 Å². The Morgan fingerprint density at radius 1 is 1.29 bits per heavy atom. The molecule has 4 nitrogen and oxygen atoms in total. The summed E-state index contributed by atoms with van der Waals surface area (Å²) < 4.78 is 2.08. The highest BCUT2D eigenvalue weighted by Crippen LogP contribution is 2.31. The fraction of sp³-hybridized carbons (Fsp3) is 0.474. The Kier molecular flexibility index (Phi) is 4.04. The number of rotatable bonds is 3. The molecule has 0 N–H and O–H groups in total. The zero-order valence-electron chi connectivity index (χ0n) is 14.6. The number of hydrogen-bond donors (Lipinski definition) is 0. The van der Waals surface area contributed by atoms with Crippen LogP contribution in [0.5, 0.6) is 0 Å². The van der Waals surface area contributed by atoms with E-state index in [-0.39, 0.29) is 0 Å². The predicted molar refractivity (Wildman–Crippen MR) is 101 cm³/mol. The molecule has 0 saturated carbocycles. The van der Waals surface area contributed by atoms with Crippen LogP contribution >= 0.6 is 11.3 Å². The highest BCUT2D eigenvalue weighted by molar-refractivity contribution is 7.13. The topological polar surface area (TPSA) is 33.4 Å². The van der Waals surface area contributed by atoms with E-state index in [0.717, 1.165) is 42.5 Å². The van der Waals surface area contributed by atoms with Gasteiger partial charge in [-0.25, -0.2) is 4.98 Å². The Labute approximate surface area is 147 Å². The Hall–Kier alpha value is -1.88. The second kappa shape index (κ2) is 6.20. The SMILES string of the molecule is CCc1c(C)nc2cc(-c3cccs3)nn2c1N1CCC(C)CC1. The van der Waals surface area contributed by atoms with Crippen LogP contribution in [0.25, 0.3) is 16.2 Å². The zero-order chi connectivity index (χ0) is 16.7. The summed E-state index contributed by atoms with van der Waals surface area (Å²) in [6.07, 6.45) is 3.50. The van der Waals surface area contributed by atoms with E-state index in [9.17, 15) is 0 Å². The molecule has 1 aliphatic rings. The maximum atomic E-state index is 4.92. The van der Waals surface area contributed by atoms with Crippen LogP contribution in [0.2, 0.25) is 0 Å². The monoisotopic (exact) mass is 340 g/mol. The average Bonchev–Trinajstić information content (AvgIpc) is 3.23. The summed E-state index contributed by atoms with van der Waals surface area (Å²) in [5.74, 6) is 2.08. The van der Waals surface area contributed by atoms with Gasteiger partial charge in [-0.05, 0) is 43.6 Å². The van der Waals surface area contributed by atoms with Gasteiger partial charge in [0.15, 0.2) is 5.65 Å². The molecular weight excluding hydrogens is 316 g/mol. The average molecular weight is 340 g/mol. The molecule has 0 spiro atoms. The van der Waals surface area contributed by atoms with Crippen molar-refractivity contribution in [2.45, 2.75) is 40.0 Å². The van der Waals surface area contributed by atoms with Crippen LogP contribution in [-0.2, 0) is 6.42 Å². The van der Waals surface area contributed by atoms with Crippen molar-refractivity contribution < 1.29 is 0 Å². The Balaban J connectivity index is 1.88. The van der Waals surface area contributed by atoms with Gasteiger partial charge in [0.1, 0.15) is 11.5 Å². The lowest BCUT2D eigenvalue weighted by molar-refractivity contribution is 0.434. The molecule has 4 rings (SSSR count). The number of aromatic nitrogens is 3. The van der Waals surface area contributed by atoms with Crippen LogP contribution < -0.4 is 4.90 Å². The summed E-state index contributed by atoms with van der Waals surface area (Å²) in [7, 11) is 0. The third-order valence-corrected chi connectivity index (χ3v) is 5.98. The van der Waals surface area contributed by atoms with Gasteiger partial charge in [-0.2, -0.15) is 9.61 Å². The van der Waals surface area contributed by atoms with Crippen LogP contribution in [0.15, 0.2) is 23.6 Å². The molecule has 24 heavy (non-hydrogen) atoms. The number of nitrogens with zero attached hydrogens (tertiary/aromatic N) is 4. The second-order valence-corrected chi connectivity index (χ2v) is 7.75. The molecule has 0 bridgehead atoms. The standard InChI is InChI=1S/C19H24N4S/c1-4-15-14(3)20-18-12-16(17-6-5-11-24-17)21-23(18)19(15)22-9-7-13(2)8-10-22/h5-6,11-13H,4,7-10H2,1-3H3. The molecular formula is C19H24N4S. The first-order chi connectivity index (χ1) is 11.7. The zero-order valence-corrected chi connectivity index (χ0v) is 15.4. The Bertz CT molecular complexity index is 842. The highest BCUT2D eigenvalue weighted by atomic mass is 32.1. The van der Waals surface area contributed by atoms with E-state index < -0.39 is 0 Å². The number of piperidine rings is 1. The number of fused-ring (bicyclic) bond motifs is 1. The molecule has 126 valence electrons. The van der Waals surface area contributed by atoms with Crippen LogP contribution in [0, 0.1) is 12.8 Å². The third kappa shape index (κ3) is 2.61. The maximum Gasteiger partial charge on any atom is 0.158 e. The fourth-order valence-corrected chi connectivity index (χ4v) is 4.32. The normalized spacial score (nSPS) is 16.2. The van der Waals surface area contributed by atoms with Crippen LogP contribution in [0.1, 0.15) is 37.9 Å². The lowest BCUT2D eigenvalue weighted by Gasteiger charge is -2.33. The first-order valence-electron chi connectivity index (χ1n) is 8.85. The first kappa shape index (κ1) is 15.6. The van der Waals surface area contributed by atoms with Crippen molar-refractivity contribution in [3.05, 3.63) is 34.8 Å². The first-order valence-corrected chi connectivity index (χ1v) is 9.73. The van der Waals surface area contributed by atoms with Crippen molar-refractivity contribution >= 4 is 22.8 Å². The van der Waals surface area contributed by atoms with Crippen molar-refractivity contribution in [2.24, 2.45) is 5.92 Å². The van der Waals surface area contributed by atoms with E-state index >= 15 is 0 Å². The van der Waals surface area contributed by atoms with Crippen LogP contribution in [0.4, 0.5) is 5.82 Å². The molecule has 1 saturated heterocycles. The highest BCUT2D eigenvalue weighted by Gasteiger charge is 2.23. The number of thiophene rings is 1. The third-order valence-electron chi connectivity index (χ3n) is 5.09. The minimum Gasteiger partial charge on any atom is -0.356 e. The fourth-order valence-electron chi connectivity index (χ4n) is 3.64. The van der Waals surface area contributed by atoms with E-state index in [1.54, 1.807) is 11.3 Å². The van der Waals surface area contributed by atoms with Gasteiger partial charge in [0, 0.05) is 30.4 Å². The lowest BCUT2D eigenvalue weighted by atomic mass is 9.98. The summed E-state index contributed by atoms with van der Waals surface area (Å²) in [4.78, 5) is 8.55. The van der Waals surface area contributed by atoms with E-state index in [0.29, 0.717) is 0 Å². The van der Waals surface area contributed by atoms with Crippen molar-refractivity contribution in [3.63, 3.8) is 0 Å². The molecule has 5 heteroatoms. The molecule has 3 aromatic rings. The van der Waals surface area contributed by atoms with Crippen LogP contribution in [-0.4, -0.2) is 27.7 Å². The van der Waals surface area contributed by atoms with Crippen molar-refractivity contribution in [3.8, 4) is 10.6 Å². The van der Waals surface area contributed by atoms with Gasteiger partial charge in [0.05, 0.1) is 4.88 Å². The quantitative estimate of drug-likeness (QED) is 0.700. The maximum absolute atomic E-state index is 4.92. The molecule has 0 radical (unpaired) electrons. The molecule has 1 aliphatic heterocycles. The Morgan fingerprint density at radius 3 is 2.75 bits per heavy atom. The Morgan fingerprint density at radius 2 is 2.08 bits per heavy atom. The van der Waals surface area contributed by atoms with E-state index in [1.807, 2.05) is 0 Å². The van der Waals surface area contributed by atoms with Gasteiger partial charge >= 0.3 is 0 Å². The molecule has 1 fully saturated rings. The number of aryl methyl sites for hydroxylation is 1. The smallest absolute Gasteiger partial charge is 0.158 e. The van der Waals surface area contributed by atoms with Gasteiger partial charge in [0.2, 0.25) is 0 Å². The molecule has 0 aromatic carbocycles. The molecule has 3 aromatic heterocycles. The van der Waals surface area contributed by atoms with E-state index in [4.69, 9.17) is 10.1 Å². The second-order valence-electron chi connectivity index (χ2n) is 6.80. The summed E-state index contributed by atoms with van der Waals surface area (Å²) in [5.41, 5.74) is 4.45.